The predicted molar refractivity (Wildman–Crippen MR) is 160 cm³/mol. The number of ether oxygens (including phenoxy) is 1. The highest BCUT2D eigenvalue weighted by Gasteiger charge is 2.25. The van der Waals surface area contributed by atoms with Crippen molar-refractivity contribution in [2.75, 3.05) is 18.2 Å². The summed E-state index contributed by atoms with van der Waals surface area (Å²) in [7, 11) is 1.63. The number of nitriles is 1. The van der Waals surface area contributed by atoms with E-state index in [2.05, 4.69) is 11.4 Å². The van der Waals surface area contributed by atoms with Crippen molar-refractivity contribution in [1.29, 1.82) is 5.26 Å². The number of anilines is 2. The number of thiophene rings is 2. The maximum Gasteiger partial charge on any atom is 0.268 e. The monoisotopic (exact) mass is 570 g/mol. The molecule has 1 amide bonds. The van der Waals surface area contributed by atoms with E-state index in [4.69, 9.17) is 27.1 Å². The second-order valence-electron chi connectivity index (χ2n) is 9.30. The van der Waals surface area contributed by atoms with E-state index in [1.807, 2.05) is 54.6 Å². The normalized spacial score (nSPS) is 12.6. The summed E-state index contributed by atoms with van der Waals surface area (Å²) in [4.78, 5) is 20.7. The van der Waals surface area contributed by atoms with Crippen molar-refractivity contribution in [3.8, 4) is 34.2 Å². The summed E-state index contributed by atoms with van der Waals surface area (Å²) in [6, 6.07) is 19.5. The Kier molecular flexibility index (Phi) is 6.73. The third-order valence-electron chi connectivity index (χ3n) is 6.96. The van der Waals surface area contributed by atoms with E-state index in [-0.39, 0.29) is 5.91 Å². The van der Waals surface area contributed by atoms with E-state index in [1.54, 1.807) is 7.11 Å². The number of pyridine rings is 1. The maximum absolute atomic E-state index is 13.6. The molecule has 39 heavy (non-hydrogen) atoms. The minimum atomic E-state index is -0.335. The minimum Gasteiger partial charge on any atom is -0.497 e. The van der Waals surface area contributed by atoms with Crippen LogP contribution in [0.2, 0.25) is 5.02 Å². The van der Waals surface area contributed by atoms with Crippen molar-refractivity contribution in [2.24, 2.45) is 0 Å². The highest BCUT2D eigenvalue weighted by Crippen LogP contribution is 2.43. The summed E-state index contributed by atoms with van der Waals surface area (Å²) in [5.74, 6) is 0.419. The van der Waals surface area contributed by atoms with Crippen LogP contribution < -0.4 is 15.8 Å². The van der Waals surface area contributed by atoms with Crippen molar-refractivity contribution < 1.29 is 9.53 Å². The van der Waals surface area contributed by atoms with Crippen LogP contribution >= 0.6 is 34.3 Å². The first-order valence-corrected chi connectivity index (χ1v) is 14.5. The lowest BCUT2D eigenvalue weighted by Gasteiger charge is -2.10. The lowest BCUT2D eigenvalue weighted by Crippen LogP contribution is -2.12. The molecule has 2 aromatic carbocycles. The van der Waals surface area contributed by atoms with E-state index in [0.29, 0.717) is 31.0 Å². The number of fused-ring (bicyclic) bond motifs is 2. The molecule has 0 radical (unpaired) electrons. The van der Waals surface area contributed by atoms with Gasteiger partial charge in [-0.2, -0.15) is 5.26 Å². The standard InChI is InChI=1S/C30H23ClN4O2S2/c1-37-19-12-8-17(9-13-19)23-14-21(16-6-10-18(31)11-7-16)25-26(33)27(39-30(25)34-23)28(36)35-29-22(15-32)20-4-2-3-5-24(20)38-29/h6-14H,2-5,33H2,1H3,(H,35,36). The van der Waals surface area contributed by atoms with Crippen LogP contribution in [0.1, 0.15) is 38.5 Å². The Balaban J connectivity index is 1.46. The first kappa shape index (κ1) is 25.4. The number of nitrogens with two attached hydrogens (primary N) is 1. The third-order valence-corrected chi connectivity index (χ3v) is 9.51. The van der Waals surface area contributed by atoms with E-state index >= 15 is 0 Å². The minimum absolute atomic E-state index is 0.335. The number of carbonyl (C=O) groups is 1. The molecule has 3 aromatic heterocycles. The number of aryl methyl sites for hydroxylation is 1. The number of rotatable bonds is 5. The van der Waals surface area contributed by atoms with Crippen LogP contribution in [-0.4, -0.2) is 18.0 Å². The van der Waals surface area contributed by atoms with Gasteiger partial charge in [-0.25, -0.2) is 4.98 Å². The zero-order chi connectivity index (χ0) is 27.1. The van der Waals surface area contributed by atoms with Gasteiger partial charge in [0.2, 0.25) is 0 Å². The van der Waals surface area contributed by atoms with Crippen LogP contribution in [0.3, 0.4) is 0 Å². The van der Waals surface area contributed by atoms with Crippen LogP contribution in [0.4, 0.5) is 10.7 Å². The molecule has 0 unspecified atom stereocenters. The SMILES string of the molecule is COc1ccc(-c2cc(-c3ccc(Cl)cc3)c3c(N)c(C(=O)Nc4sc5c(c4C#N)CCCC5)sc3n2)cc1. The molecule has 6 nitrogen and oxygen atoms in total. The quantitative estimate of drug-likeness (QED) is 0.223. The number of halogens is 1. The predicted octanol–water partition coefficient (Wildman–Crippen LogP) is 7.94. The summed E-state index contributed by atoms with van der Waals surface area (Å²) >= 11 is 8.92. The molecule has 0 aliphatic heterocycles. The molecule has 3 N–H and O–H groups in total. The van der Waals surface area contributed by atoms with Gasteiger partial charge in [-0.05, 0) is 84.8 Å². The zero-order valence-corrected chi connectivity index (χ0v) is 23.4. The summed E-state index contributed by atoms with van der Waals surface area (Å²) in [5, 5.41) is 14.8. The summed E-state index contributed by atoms with van der Waals surface area (Å²) in [6.07, 6.45) is 3.98. The first-order valence-electron chi connectivity index (χ1n) is 12.5. The van der Waals surface area contributed by atoms with Gasteiger partial charge in [-0.1, -0.05) is 23.7 Å². The molecule has 9 heteroatoms. The fourth-order valence-electron chi connectivity index (χ4n) is 4.99. The molecular formula is C30H23ClN4O2S2. The fourth-order valence-corrected chi connectivity index (χ4v) is 7.36. The number of amides is 1. The zero-order valence-electron chi connectivity index (χ0n) is 21.0. The van der Waals surface area contributed by atoms with Crippen LogP contribution in [0.5, 0.6) is 5.75 Å². The molecule has 0 spiro atoms. The molecule has 194 valence electrons. The molecular weight excluding hydrogens is 548 g/mol. The van der Waals surface area contributed by atoms with Crippen molar-refractivity contribution in [3.05, 3.63) is 80.5 Å². The molecule has 6 rings (SSSR count). The van der Waals surface area contributed by atoms with E-state index in [1.165, 1.54) is 27.6 Å². The van der Waals surface area contributed by atoms with Crippen molar-refractivity contribution >= 4 is 61.1 Å². The highest BCUT2D eigenvalue weighted by atomic mass is 35.5. The largest absolute Gasteiger partial charge is 0.497 e. The smallest absolute Gasteiger partial charge is 0.268 e. The Morgan fingerprint density at radius 2 is 1.79 bits per heavy atom. The Morgan fingerprint density at radius 1 is 1.08 bits per heavy atom. The number of hydrogen-bond donors (Lipinski definition) is 2. The number of hydrogen-bond acceptors (Lipinski definition) is 7. The summed E-state index contributed by atoms with van der Waals surface area (Å²) in [6.45, 7) is 0. The van der Waals surface area contributed by atoms with Gasteiger partial charge in [0.1, 0.15) is 26.5 Å². The number of nitrogens with one attached hydrogen (secondary N) is 1. The first-order chi connectivity index (χ1) is 19.0. The molecule has 0 fully saturated rings. The van der Waals surface area contributed by atoms with E-state index in [9.17, 15) is 10.1 Å². The Bertz CT molecular complexity index is 1770. The Labute approximate surface area is 238 Å². The van der Waals surface area contributed by atoms with Crippen molar-refractivity contribution in [1.82, 2.24) is 4.98 Å². The van der Waals surface area contributed by atoms with Gasteiger partial charge < -0.3 is 15.8 Å². The van der Waals surface area contributed by atoms with Crippen molar-refractivity contribution in [2.45, 2.75) is 25.7 Å². The number of benzene rings is 2. The molecule has 3 heterocycles. The van der Waals surface area contributed by atoms with E-state index < -0.39 is 0 Å². The van der Waals surface area contributed by atoms with Gasteiger partial charge in [0, 0.05) is 20.8 Å². The molecule has 0 saturated carbocycles. The topological polar surface area (TPSA) is 101 Å². The number of nitrogens with zero attached hydrogens (tertiary/aromatic N) is 2. The third kappa shape index (κ3) is 4.63. The molecule has 0 atom stereocenters. The number of carbonyl (C=O) groups excluding carboxylic acids is 1. The van der Waals surface area contributed by atoms with E-state index in [0.717, 1.165) is 64.8 Å². The van der Waals surface area contributed by atoms with Gasteiger partial charge >= 0.3 is 0 Å². The lowest BCUT2D eigenvalue weighted by atomic mass is 9.96. The molecule has 1 aliphatic carbocycles. The molecule has 5 aromatic rings. The number of aromatic nitrogens is 1. The number of methoxy groups -OCH3 is 1. The second kappa shape index (κ2) is 10.3. The van der Waals surface area contributed by atoms with Crippen LogP contribution in [0, 0.1) is 11.3 Å². The van der Waals surface area contributed by atoms with Crippen LogP contribution in [-0.2, 0) is 12.8 Å². The maximum atomic E-state index is 13.6. The molecule has 0 bridgehead atoms. The van der Waals surface area contributed by atoms with Crippen LogP contribution in [0.25, 0.3) is 32.6 Å². The number of nitrogen functional groups attached to an aromatic ring is 1. The highest BCUT2D eigenvalue weighted by molar-refractivity contribution is 7.21. The van der Waals surface area contributed by atoms with Gasteiger partial charge in [-0.15, -0.1) is 22.7 Å². The summed E-state index contributed by atoms with van der Waals surface area (Å²) < 4.78 is 5.31. The Hall–Kier alpha value is -3.90. The fraction of sp³-hybridized carbons (Fsp3) is 0.167. The molecule has 1 aliphatic rings. The van der Waals surface area contributed by atoms with Gasteiger partial charge in [0.25, 0.3) is 5.91 Å². The lowest BCUT2D eigenvalue weighted by molar-refractivity contribution is 0.103. The van der Waals surface area contributed by atoms with Gasteiger partial charge in [0.15, 0.2) is 0 Å². The molecule has 0 saturated heterocycles. The average Bonchev–Trinajstić information content (AvgIpc) is 3.49. The van der Waals surface area contributed by atoms with Crippen molar-refractivity contribution in [3.63, 3.8) is 0 Å². The Morgan fingerprint density at radius 3 is 2.51 bits per heavy atom. The van der Waals surface area contributed by atoms with Gasteiger partial charge in [-0.3, -0.25) is 4.79 Å². The second-order valence-corrected chi connectivity index (χ2v) is 11.8. The van der Waals surface area contributed by atoms with Gasteiger partial charge in [0.05, 0.1) is 24.1 Å². The average molecular weight is 571 g/mol. The summed E-state index contributed by atoms with van der Waals surface area (Å²) in [5.41, 5.74) is 12.1. The van der Waals surface area contributed by atoms with Crippen LogP contribution in [0.15, 0.2) is 54.6 Å².